The molecule has 6 nitrogen and oxygen atoms in total. The quantitative estimate of drug-likeness (QED) is 0.772. The zero-order valence-electron chi connectivity index (χ0n) is 14.7. The number of carbonyl (C=O) groups is 2. The van der Waals surface area contributed by atoms with Gasteiger partial charge in [0.05, 0.1) is 13.2 Å². The first kappa shape index (κ1) is 18.1. The summed E-state index contributed by atoms with van der Waals surface area (Å²) in [4.78, 5) is 24.6. The van der Waals surface area contributed by atoms with Crippen LogP contribution >= 0.6 is 0 Å². The molecule has 0 bridgehead atoms. The number of hydrogen-bond donors (Lipinski definition) is 3. The van der Waals surface area contributed by atoms with E-state index in [1.165, 1.54) is 0 Å². The third kappa shape index (κ3) is 4.91. The first-order chi connectivity index (χ1) is 12.6. The summed E-state index contributed by atoms with van der Waals surface area (Å²) in [6.45, 7) is 3.90. The first-order valence-corrected chi connectivity index (χ1v) is 8.70. The predicted molar refractivity (Wildman–Crippen MR) is 101 cm³/mol. The van der Waals surface area contributed by atoms with Gasteiger partial charge in [0, 0.05) is 35.9 Å². The van der Waals surface area contributed by atoms with Gasteiger partial charge in [-0.15, -0.1) is 0 Å². The zero-order valence-corrected chi connectivity index (χ0v) is 14.7. The molecule has 2 amide bonds. The minimum Gasteiger partial charge on any atom is -0.378 e. The standard InChI is InChI=1S/C20H23N3O3/c1-14-7-8-16(22-20(25)15-5-3-2-4-6-15)11-18(14)23-19(24)12-17-13-26-10-9-21-17/h2-8,11,17,21H,9-10,12-13H2,1H3,(H,22,25)(H,23,24). The normalized spacial score (nSPS) is 16.7. The summed E-state index contributed by atoms with van der Waals surface area (Å²) < 4.78 is 5.37. The molecule has 1 saturated heterocycles. The molecule has 1 aliphatic heterocycles. The average molecular weight is 353 g/mol. The Bertz CT molecular complexity index is 771. The van der Waals surface area contributed by atoms with Gasteiger partial charge in [0.2, 0.25) is 5.91 Å². The third-order valence-corrected chi connectivity index (χ3v) is 4.24. The maximum absolute atomic E-state index is 12.3. The largest absolute Gasteiger partial charge is 0.378 e. The number of amides is 2. The number of rotatable bonds is 5. The van der Waals surface area contributed by atoms with Crippen LogP contribution in [0.3, 0.4) is 0 Å². The molecule has 3 N–H and O–H groups in total. The maximum Gasteiger partial charge on any atom is 0.255 e. The van der Waals surface area contributed by atoms with Crippen molar-refractivity contribution in [2.45, 2.75) is 19.4 Å². The van der Waals surface area contributed by atoms with Gasteiger partial charge in [-0.2, -0.15) is 0 Å². The highest BCUT2D eigenvalue weighted by molar-refractivity contribution is 6.04. The monoisotopic (exact) mass is 353 g/mol. The zero-order chi connectivity index (χ0) is 18.4. The van der Waals surface area contributed by atoms with Crippen LogP contribution in [0.15, 0.2) is 48.5 Å². The Morgan fingerprint density at radius 2 is 1.96 bits per heavy atom. The highest BCUT2D eigenvalue weighted by Crippen LogP contribution is 2.21. The van der Waals surface area contributed by atoms with Crippen molar-refractivity contribution in [3.05, 3.63) is 59.7 Å². The number of ether oxygens (including phenoxy) is 1. The molecule has 2 aromatic rings. The molecule has 6 heteroatoms. The lowest BCUT2D eigenvalue weighted by molar-refractivity contribution is -0.117. The molecule has 2 aromatic carbocycles. The van der Waals surface area contributed by atoms with E-state index in [1.54, 1.807) is 18.2 Å². The number of morpholine rings is 1. The third-order valence-electron chi connectivity index (χ3n) is 4.24. The van der Waals surface area contributed by atoms with Crippen molar-refractivity contribution in [3.63, 3.8) is 0 Å². The van der Waals surface area contributed by atoms with Crippen molar-refractivity contribution < 1.29 is 14.3 Å². The minimum absolute atomic E-state index is 0.0324. The lowest BCUT2D eigenvalue weighted by atomic mass is 10.1. The van der Waals surface area contributed by atoms with E-state index in [2.05, 4.69) is 16.0 Å². The van der Waals surface area contributed by atoms with Crippen LogP contribution in [0.1, 0.15) is 22.3 Å². The SMILES string of the molecule is Cc1ccc(NC(=O)c2ccccc2)cc1NC(=O)CC1COCCN1. The Kier molecular flexibility index (Phi) is 5.99. The Hall–Kier alpha value is -2.70. The van der Waals surface area contributed by atoms with E-state index in [4.69, 9.17) is 4.74 Å². The number of carbonyl (C=O) groups excluding carboxylic acids is 2. The molecule has 1 atom stereocenters. The van der Waals surface area contributed by atoms with E-state index < -0.39 is 0 Å². The van der Waals surface area contributed by atoms with Crippen molar-refractivity contribution >= 4 is 23.2 Å². The van der Waals surface area contributed by atoms with Crippen molar-refractivity contribution in [2.24, 2.45) is 0 Å². The summed E-state index contributed by atoms with van der Waals surface area (Å²) in [6, 6.07) is 14.5. The van der Waals surface area contributed by atoms with Gasteiger partial charge in [-0.25, -0.2) is 0 Å². The van der Waals surface area contributed by atoms with Gasteiger partial charge in [0.25, 0.3) is 5.91 Å². The molecular weight excluding hydrogens is 330 g/mol. The highest BCUT2D eigenvalue weighted by Gasteiger charge is 2.17. The van der Waals surface area contributed by atoms with Gasteiger partial charge < -0.3 is 20.7 Å². The molecule has 0 radical (unpaired) electrons. The lowest BCUT2D eigenvalue weighted by Gasteiger charge is -2.23. The van der Waals surface area contributed by atoms with Gasteiger partial charge in [-0.1, -0.05) is 24.3 Å². The van der Waals surface area contributed by atoms with Crippen molar-refractivity contribution in [1.29, 1.82) is 0 Å². The number of nitrogens with one attached hydrogen (secondary N) is 3. The number of hydrogen-bond acceptors (Lipinski definition) is 4. The van der Waals surface area contributed by atoms with Crippen LogP contribution in [0.2, 0.25) is 0 Å². The summed E-state index contributed by atoms with van der Waals surface area (Å²) in [7, 11) is 0. The molecule has 26 heavy (non-hydrogen) atoms. The average Bonchev–Trinajstić information content (AvgIpc) is 2.66. The van der Waals surface area contributed by atoms with Crippen LogP contribution < -0.4 is 16.0 Å². The summed E-state index contributed by atoms with van der Waals surface area (Å²) in [5.41, 5.74) is 2.85. The molecule has 0 spiro atoms. The Morgan fingerprint density at radius 1 is 1.15 bits per heavy atom. The second-order valence-electron chi connectivity index (χ2n) is 6.33. The molecular formula is C20H23N3O3. The fourth-order valence-corrected chi connectivity index (χ4v) is 2.80. The van der Waals surface area contributed by atoms with Crippen LogP contribution in [-0.2, 0) is 9.53 Å². The summed E-state index contributed by atoms with van der Waals surface area (Å²) >= 11 is 0. The van der Waals surface area contributed by atoms with E-state index in [-0.39, 0.29) is 17.9 Å². The Balaban J connectivity index is 1.63. The molecule has 1 heterocycles. The van der Waals surface area contributed by atoms with E-state index in [9.17, 15) is 9.59 Å². The molecule has 136 valence electrons. The van der Waals surface area contributed by atoms with E-state index in [1.807, 2.05) is 37.3 Å². The number of benzene rings is 2. The van der Waals surface area contributed by atoms with Crippen molar-refractivity contribution in [3.8, 4) is 0 Å². The Morgan fingerprint density at radius 3 is 2.69 bits per heavy atom. The van der Waals surface area contributed by atoms with Crippen LogP contribution in [0.5, 0.6) is 0 Å². The predicted octanol–water partition coefficient (Wildman–Crippen LogP) is 2.56. The molecule has 1 fully saturated rings. The minimum atomic E-state index is -0.185. The van der Waals surface area contributed by atoms with Crippen molar-refractivity contribution in [1.82, 2.24) is 5.32 Å². The molecule has 0 saturated carbocycles. The molecule has 3 rings (SSSR count). The molecule has 1 aliphatic rings. The van der Waals surface area contributed by atoms with Crippen molar-refractivity contribution in [2.75, 3.05) is 30.4 Å². The van der Waals surface area contributed by atoms with Crippen LogP contribution in [-0.4, -0.2) is 37.6 Å². The summed E-state index contributed by atoms with van der Waals surface area (Å²) in [6.07, 6.45) is 0.347. The maximum atomic E-state index is 12.3. The van der Waals surface area contributed by atoms with E-state index in [0.717, 1.165) is 12.1 Å². The summed E-state index contributed by atoms with van der Waals surface area (Å²) in [5, 5.41) is 9.05. The lowest BCUT2D eigenvalue weighted by Crippen LogP contribution is -2.43. The molecule has 0 aromatic heterocycles. The Labute approximate surface area is 152 Å². The van der Waals surface area contributed by atoms with Gasteiger partial charge >= 0.3 is 0 Å². The first-order valence-electron chi connectivity index (χ1n) is 8.70. The molecule has 1 unspecified atom stereocenters. The second-order valence-corrected chi connectivity index (χ2v) is 6.33. The van der Waals surface area contributed by atoms with Crippen LogP contribution in [0.25, 0.3) is 0 Å². The van der Waals surface area contributed by atoms with Gasteiger partial charge in [0.15, 0.2) is 0 Å². The number of anilines is 2. The van der Waals surface area contributed by atoms with E-state index >= 15 is 0 Å². The fourth-order valence-electron chi connectivity index (χ4n) is 2.80. The smallest absolute Gasteiger partial charge is 0.255 e. The fraction of sp³-hybridized carbons (Fsp3) is 0.300. The topological polar surface area (TPSA) is 79.5 Å². The van der Waals surface area contributed by atoms with Crippen LogP contribution in [0.4, 0.5) is 11.4 Å². The van der Waals surface area contributed by atoms with E-state index in [0.29, 0.717) is 36.6 Å². The second kappa shape index (κ2) is 8.60. The van der Waals surface area contributed by atoms with Gasteiger partial charge in [0.1, 0.15) is 0 Å². The van der Waals surface area contributed by atoms with Crippen LogP contribution in [0, 0.1) is 6.92 Å². The summed E-state index contributed by atoms with van der Waals surface area (Å²) in [5.74, 6) is -0.266. The molecule has 0 aliphatic carbocycles. The van der Waals surface area contributed by atoms with Gasteiger partial charge in [-0.05, 0) is 36.8 Å². The van der Waals surface area contributed by atoms with Gasteiger partial charge in [-0.3, -0.25) is 9.59 Å². The number of aryl methyl sites for hydroxylation is 1. The highest BCUT2D eigenvalue weighted by atomic mass is 16.5.